The normalized spacial score (nSPS) is 13.1. The Morgan fingerprint density at radius 3 is 2.16 bits per heavy atom. The van der Waals surface area contributed by atoms with Crippen LogP contribution in [0.4, 0.5) is 0 Å². The predicted octanol–water partition coefficient (Wildman–Crippen LogP) is 2.61. The van der Waals surface area contributed by atoms with Gasteiger partial charge in [0.2, 0.25) is 0 Å². The lowest BCUT2D eigenvalue weighted by Crippen LogP contribution is -2.22. The molecular weight excluding hydrogens is 240 g/mol. The van der Waals surface area contributed by atoms with Crippen LogP contribution >= 0.6 is 0 Å². The zero-order chi connectivity index (χ0) is 13.4. The van der Waals surface area contributed by atoms with Crippen molar-refractivity contribution in [3.8, 4) is 0 Å². The molecule has 94 valence electrons. The van der Waals surface area contributed by atoms with Crippen molar-refractivity contribution in [1.29, 1.82) is 0 Å². The van der Waals surface area contributed by atoms with Crippen molar-refractivity contribution in [3.05, 3.63) is 70.3 Å². The maximum Gasteiger partial charge on any atom is 0.194 e. The zero-order valence-electron chi connectivity index (χ0n) is 10.5. The SMILES string of the molecule is COCc1cccc2c1C(=O)c1ccccc1C2=O. The number of hydrogen-bond acceptors (Lipinski definition) is 3. The molecule has 0 fully saturated rings. The topological polar surface area (TPSA) is 43.4 Å². The lowest BCUT2D eigenvalue weighted by Gasteiger charge is -2.19. The fourth-order valence-corrected chi connectivity index (χ4v) is 2.49. The van der Waals surface area contributed by atoms with E-state index in [1.165, 1.54) is 0 Å². The third-order valence-corrected chi connectivity index (χ3v) is 3.34. The standard InChI is InChI=1S/C16H12O3/c1-19-9-10-5-4-8-13-14(10)16(18)12-7-3-2-6-11(12)15(13)17/h2-8H,9H2,1H3. The lowest BCUT2D eigenvalue weighted by atomic mass is 9.82. The number of carbonyl (C=O) groups is 2. The predicted molar refractivity (Wildman–Crippen MR) is 70.5 cm³/mol. The second-order valence-electron chi connectivity index (χ2n) is 4.48. The summed E-state index contributed by atoms with van der Waals surface area (Å²) in [7, 11) is 1.57. The van der Waals surface area contributed by atoms with E-state index in [9.17, 15) is 9.59 Å². The van der Waals surface area contributed by atoms with Crippen molar-refractivity contribution in [1.82, 2.24) is 0 Å². The molecule has 0 saturated carbocycles. The number of hydrogen-bond donors (Lipinski definition) is 0. The summed E-state index contributed by atoms with van der Waals surface area (Å²) in [6.45, 7) is 0.324. The number of fused-ring (bicyclic) bond motifs is 2. The number of methoxy groups -OCH3 is 1. The summed E-state index contributed by atoms with van der Waals surface area (Å²) in [4.78, 5) is 25.0. The van der Waals surface area contributed by atoms with E-state index in [0.29, 0.717) is 28.9 Å². The van der Waals surface area contributed by atoms with Gasteiger partial charge in [0.05, 0.1) is 6.61 Å². The summed E-state index contributed by atoms with van der Waals surface area (Å²) in [6.07, 6.45) is 0. The third kappa shape index (κ3) is 1.71. The maximum absolute atomic E-state index is 12.5. The molecule has 2 aromatic carbocycles. The summed E-state index contributed by atoms with van der Waals surface area (Å²) >= 11 is 0. The molecular formula is C16H12O3. The highest BCUT2D eigenvalue weighted by Crippen LogP contribution is 2.29. The molecule has 0 saturated heterocycles. The number of benzene rings is 2. The van der Waals surface area contributed by atoms with E-state index in [-0.39, 0.29) is 11.6 Å². The van der Waals surface area contributed by atoms with Crippen molar-refractivity contribution < 1.29 is 14.3 Å². The van der Waals surface area contributed by atoms with Crippen LogP contribution in [0.5, 0.6) is 0 Å². The third-order valence-electron chi connectivity index (χ3n) is 3.34. The van der Waals surface area contributed by atoms with Gasteiger partial charge in [-0.05, 0) is 5.56 Å². The van der Waals surface area contributed by atoms with Crippen molar-refractivity contribution in [2.24, 2.45) is 0 Å². The Morgan fingerprint density at radius 2 is 1.47 bits per heavy atom. The molecule has 1 aliphatic rings. The number of carbonyl (C=O) groups excluding carboxylic acids is 2. The van der Waals surface area contributed by atoms with Gasteiger partial charge in [0, 0.05) is 29.4 Å². The summed E-state index contributed by atoms with van der Waals surface area (Å²) in [5.41, 5.74) is 2.66. The van der Waals surface area contributed by atoms with Gasteiger partial charge in [-0.25, -0.2) is 0 Å². The van der Waals surface area contributed by atoms with Crippen LogP contribution in [0.3, 0.4) is 0 Å². The Labute approximate surface area is 110 Å². The monoisotopic (exact) mass is 252 g/mol. The Kier molecular flexibility index (Phi) is 2.76. The van der Waals surface area contributed by atoms with Gasteiger partial charge < -0.3 is 4.74 Å². The number of ketones is 2. The van der Waals surface area contributed by atoms with Crippen LogP contribution in [0.15, 0.2) is 42.5 Å². The van der Waals surface area contributed by atoms with E-state index < -0.39 is 0 Å². The second-order valence-corrected chi connectivity index (χ2v) is 4.48. The fraction of sp³-hybridized carbons (Fsp3) is 0.125. The molecule has 0 N–H and O–H groups in total. The summed E-state index contributed by atoms with van der Waals surface area (Å²) < 4.78 is 5.10. The smallest absolute Gasteiger partial charge is 0.194 e. The first-order valence-corrected chi connectivity index (χ1v) is 6.03. The second kappa shape index (κ2) is 4.44. The van der Waals surface area contributed by atoms with Crippen molar-refractivity contribution >= 4 is 11.6 Å². The highest BCUT2D eigenvalue weighted by Gasteiger charge is 2.30. The van der Waals surface area contributed by atoms with Crippen LogP contribution in [0.1, 0.15) is 37.4 Å². The van der Waals surface area contributed by atoms with E-state index in [4.69, 9.17) is 4.74 Å². The van der Waals surface area contributed by atoms with E-state index in [2.05, 4.69) is 0 Å². The summed E-state index contributed by atoms with van der Waals surface area (Å²) in [6, 6.07) is 12.2. The molecule has 0 heterocycles. The molecule has 3 rings (SSSR count). The van der Waals surface area contributed by atoms with E-state index >= 15 is 0 Å². The molecule has 0 unspecified atom stereocenters. The first kappa shape index (κ1) is 11.8. The molecule has 0 radical (unpaired) electrons. The lowest BCUT2D eigenvalue weighted by molar-refractivity contribution is 0.0975. The van der Waals surface area contributed by atoms with E-state index in [0.717, 1.165) is 5.56 Å². The van der Waals surface area contributed by atoms with Gasteiger partial charge in [-0.1, -0.05) is 42.5 Å². The molecule has 0 aliphatic heterocycles. The number of ether oxygens (including phenoxy) is 1. The first-order valence-electron chi connectivity index (χ1n) is 6.03. The van der Waals surface area contributed by atoms with Crippen molar-refractivity contribution in [2.75, 3.05) is 7.11 Å². The molecule has 3 heteroatoms. The molecule has 0 atom stereocenters. The van der Waals surface area contributed by atoms with Crippen molar-refractivity contribution in [3.63, 3.8) is 0 Å². The zero-order valence-corrected chi connectivity index (χ0v) is 10.5. The van der Waals surface area contributed by atoms with Gasteiger partial charge in [0.15, 0.2) is 11.6 Å². The van der Waals surface area contributed by atoms with Crippen LogP contribution in [-0.4, -0.2) is 18.7 Å². The van der Waals surface area contributed by atoms with Gasteiger partial charge in [0.25, 0.3) is 0 Å². The summed E-state index contributed by atoms with van der Waals surface area (Å²) in [5.74, 6) is -0.194. The Balaban J connectivity index is 2.27. The van der Waals surface area contributed by atoms with E-state index in [1.54, 1.807) is 43.5 Å². The average Bonchev–Trinajstić information content (AvgIpc) is 2.45. The van der Waals surface area contributed by atoms with Crippen molar-refractivity contribution in [2.45, 2.75) is 6.61 Å². The summed E-state index contributed by atoms with van der Waals surface area (Å²) in [5, 5.41) is 0. The fourth-order valence-electron chi connectivity index (χ4n) is 2.49. The minimum absolute atomic E-state index is 0.0943. The molecule has 2 aromatic rings. The Bertz CT molecular complexity index is 686. The molecule has 0 spiro atoms. The van der Waals surface area contributed by atoms with Gasteiger partial charge in [-0.3, -0.25) is 9.59 Å². The Morgan fingerprint density at radius 1 is 0.842 bits per heavy atom. The van der Waals surface area contributed by atoms with Crippen LogP contribution in [0.25, 0.3) is 0 Å². The van der Waals surface area contributed by atoms with Gasteiger partial charge in [0.1, 0.15) is 0 Å². The molecule has 19 heavy (non-hydrogen) atoms. The molecule has 0 bridgehead atoms. The minimum Gasteiger partial charge on any atom is -0.380 e. The van der Waals surface area contributed by atoms with Gasteiger partial charge >= 0.3 is 0 Å². The van der Waals surface area contributed by atoms with Crippen LogP contribution in [0, 0.1) is 0 Å². The first-order chi connectivity index (χ1) is 9.24. The number of rotatable bonds is 2. The quantitative estimate of drug-likeness (QED) is 0.704. The van der Waals surface area contributed by atoms with Crippen LogP contribution in [0.2, 0.25) is 0 Å². The molecule has 1 aliphatic carbocycles. The van der Waals surface area contributed by atoms with Crippen LogP contribution < -0.4 is 0 Å². The average molecular weight is 252 g/mol. The maximum atomic E-state index is 12.5. The minimum atomic E-state index is -0.0992. The highest BCUT2D eigenvalue weighted by atomic mass is 16.5. The Hall–Kier alpha value is -2.26. The van der Waals surface area contributed by atoms with Gasteiger partial charge in [-0.2, -0.15) is 0 Å². The van der Waals surface area contributed by atoms with Crippen LogP contribution in [-0.2, 0) is 11.3 Å². The molecule has 3 nitrogen and oxygen atoms in total. The largest absolute Gasteiger partial charge is 0.380 e. The molecule has 0 aromatic heterocycles. The van der Waals surface area contributed by atoms with E-state index in [1.807, 2.05) is 6.07 Å². The highest BCUT2D eigenvalue weighted by molar-refractivity contribution is 6.28. The van der Waals surface area contributed by atoms with Gasteiger partial charge in [-0.15, -0.1) is 0 Å². The molecule has 0 amide bonds.